The first-order chi connectivity index (χ1) is 16.0. The van der Waals surface area contributed by atoms with Crippen molar-refractivity contribution < 1.29 is 19.1 Å². The molecule has 2 amide bonds. The fourth-order valence-electron chi connectivity index (χ4n) is 4.51. The molecule has 0 saturated carbocycles. The van der Waals surface area contributed by atoms with Gasteiger partial charge in [0.1, 0.15) is 5.75 Å². The molecule has 1 unspecified atom stereocenters. The van der Waals surface area contributed by atoms with Gasteiger partial charge in [-0.3, -0.25) is 9.59 Å². The number of likely N-dealkylation sites (tertiary alicyclic amines) is 1. The lowest BCUT2D eigenvalue weighted by Crippen LogP contribution is -2.52. The predicted octanol–water partition coefficient (Wildman–Crippen LogP) is 4.54. The molecule has 0 radical (unpaired) electrons. The van der Waals surface area contributed by atoms with Gasteiger partial charge in [-0.1, -0.05) is 35.3 Å². The standard InChI is InChI=1S/C25H28Cl2N2O4/c26-19-6-8-20(9-7-19)33-18-25(16-23(30)28-12-14-32-15-13-28)10-3-11-29(17-25)24(31)21-4-1-2-5-22(21)27/h1-2,4-9H,3,10-18H2. The normalized spacial score (nSPS) is 21.0. The predicted molar refractivity (Wildman–Crippen MR) is 128 cm³/mol. The van der Waals surface area contributed by atoms with Gasteiger partial charge in [0, 0.05) is 43.0 Å². The number of hydrogen-bond acceptors (Lipinski definition) is 4. The number of carbonyl (C=O) groups is 2. The average molecular weight is 491 g/mol. The van der Waals surface area contributed by atoms with Gasteiger partial charge in [0.05, 0.1) is 30.4 Å². The number of nitrogens with zero attached hydrogens (tertiary/aromatic N) is 2. The van der Waals surface area contributed by atoms with Crippen LogP contribution in [0.2, 0.25) is 10.0 Å². The summed E-state index contributed by atoms with van der Waals surface area (Å²) in [5.74, 6) is 0.646. The lowest BCUT2D eigenvalue weighted by Gasteiger charge is -2.43. The van der Waals surface area contributed by atoms with Gasteiger partial charge >= 0.3 is 0 Å². The molecule has 0 aliphatic carbocycles. The van der Waals surface area contributed by atoms with Crippen molar-refractivity contribution in [3.8, 4) is 5.75 Å². The lowest BCUT2D eigenvalue weighted by atomic mass is 9.77. The maximum absolute atomic E-state index is 13.3. The van der Waals surface area contributed by atoms with E-state index >= 15 is 0 Å². The van der Waals surface area contributed by atoms with Crippen molar-refractivity contribution in [2.24, 2.45) is 5.41 Å². The van der Waals surface area contributed by atoms with Gasteiger partial charge in [0.15, 0.2) is 0 Å². The molecule has 0 bridgehead atoms. The number of hydrogen-bond donors (Lipinski definition) is 0. The molecule has 2 aliphatic rings. The van der Waals surface area contributed by atoms with Crippen LogP contribution >= 0.6 is 23.2 Å². The Morgan fingerprint density at radius 1 is 0.970 bits per heavy atom. The number of benzene rings is 2. The van der Waals surface area contributed by atoms with E-state index in [9.17, 15) is 9.59 Å². The number of piperidine rings is 1. The highest BCUT2D eigenvalue weighted by molar-refractivity contribution is 6.33. The van der Waals surface area contributed by atoms with Crippen molar-refractivity contribution in [3.05, 3.63) is 64.1 Å². The summed E-state index contributed by atoms with van der Waals surface area (Å²) >= 11 is 12.3. The third-order valence-electron chi connectivity index (χ3n) is 6.30. The van der Waals surface area contributed by atoms with Gasteiger partial charge in [-0.05, 0) is 49.2 Å². The zero-order valence-corrected chi connectivity index (χ0v) is 20.0. The molecule has 4 rings (SSSR count). The van der Waals surface area contributed by atoms with E-state index in [1.165, 1.54) is 0 Å². The van der Waals surface area contributed by atoms with Crippen LogP contribution in [0.3, 0.4) is 0 Å². The first kappa shape index (κ1) is 23.9. The number of morpholine rings is 1. The molecule has 0 N–H and O–H groups in total. The smallest absolute Gasteiger partial charge is 0.255 e. The van der Waals surface area contributed by atoms with Gasteiger partial charge in [-0.15, -0.1) is 0 Å². The average Bonchev–Trinajstić information content (AvgIpc) is 2.84. The molecular weight excluding hydrogens is 463 g/mol. The Bertz CT molecular complexity index is 979. The molecule has 2 aliphatic heterocycles. The van der Waals surface area contributed by atoms with E-state index in [4.69, 9.17) is 32.7 Å². The van der Waals surface area contributed by atoms with Crippen molar-refractivity contribution in [3.63, 3.8) is 0 Å². The van der Waals surface area contributed by atoms with Crippen LogP contribution in [0, 0.1) is 5.41 Å². The van der Waals surface area contributed by atoms with Crippen LogP contribution in [0.25, 0.3) is 0 Å². The Kier molecular flexibility index (Phi) is 7.78. The van der Waals surface area contributed by atoms with E-state index < -0.39 is 5.41 Å². The Labute approximate surface area is 204 Å². The van der Waals surface area contributed by atoms with Crippen LogP contribution < -0.4 is 4.74 Å². The van der Waals surface area contributed by atoms with Gasteiger partial charge in [0.25, 0.3) is 5.91 Å². The quantitative estimate of drug-likeness (QED) is 0.596. The first-order valence-electron chi connectivity index (χ1n) is 11.2. The summed E-state index contributed by atoms with van der Waals surface area (Å²) in [7, 11) is 0. The Hall–Kier alpha value is -2.28. The largest absolute Gasteiger partial charge is 0.493 e. The molecule has 1 atom stereocenters. The number of carbonyl (C=O) groups excluding carboxylic acids is 2. The van der Waals surface area contributed by atoms with Crippen LogP contribution in [-0.2, 0) is 9.53 Å². The Balaban J connectivity index is 1.54. The summed E-state index contributed by atoms with van der Waals surface area (Å²) in [6, 6.07) is 14.3. The molecule has 176 valence electrons. The molecular formula is C25H28Cl2N2O4. The third kappa shape index (κ3) is 5.99. The van der Waals surface area contributed by atoms with Crippen molar-refractivity contribution >= 4 is 35.0 Å². The topological polar surface area (TPSA) is 59.1 Å². The monoisotopic (exact) mass is 490 g/mol. The van der Waals surface area contributed by atoms with E-state index in [-0.39, 0.29) is 11.8 Å². The minimum Gasteiger partial charge on any atom is -0.493 e. The van der Waals surface area contributed by atoms with Gasteiger partial charge < -0.3 is 19.3 Å². The highest BCUT2D eigenvalue weighted by Crippen LogP contribution is 2.36. The van der Waals surface area contributed by atoms with Crippen LogP contribution in [0.15, 0.2) is 48.5 Å². The summed E-state index contributed by atoms with van der Waals surface area (Å²) < 4.78 is 11.5. The fourth-order valence-corrected chi connectivity index (χ4v) is 4.85. The second-order valence-electron chi connectivity index (χ2n) is 8.72. The zero-order chi connectivity index (χ0) is 23.3. The number of halogens is 2. The van der Waals surface area contributed by atoms with Crippen molar-refractivity contribution in [1.29, 1.82) is 0 Å². The Morgan fingerprint density at radius 3 is 2.42 bits per heavy atom. The second-order valence-corrected chi connectivity index (χ2v) is 9.57. The molecule has 2 fully saturated rings. The SMILES string of the molecule is O=C(CC1(COc2ccc(Cl)cc2)CCCN(C(=O)c2ccccc2Cl)C1)N1CCOCC1. The highest BCUT2D eigenvalue weighted by Gasteiger charge is 2.41. The third-order valence-corrected chi connectivity index (χ3v) is 6.88. The van der Waals surface area contributed by atoms with Crippen molar-refractivity contribution in [1.82, 2.24) is 9.80 Å². The summed E-state index contributed by atoms with van der Waals surface area (Å²) in [6.45, 7) is 3.68. The van der Waals surface area contributed by atoms with E-state index in [2.05, 4.69) is 0 Å². The molecule has 2 saturated heterocycles. The zero-order valence-electron chi connectivity index (χ0n) is 18.5. The summed E-state index contributed by atoms with van der Waals surface area (Å²) in [4.78, 5) is 30.1. The lowest BCUT2D eigenvalue weighted by molar-refractivity contribution is -0.139. The van der Waals surface area contributed by atoms with Crippen LogP contribution in [-0.4, -0.2) is 67.6 Å². The molecule has 8 heteroatoms. The molecule has 0 spiro atoms. The van der Waals surface area contributed by atoms with Gasteiger partial charge in [-0.2, -0.15) is 0 Å². The highest BCUT2D eigenvalue weighted by atomic mass is 35.5. The molecule has 2 aromatic rings. The van der Waals surface area contributed by atoms with E-state index in [0.717, 1.165) is 12.8 Å². The summed E-state index contributed by atoms with van der Waals surface area (Å²) in [5, 5.41) is 1.06. The first-order valence-corrected chi connectivity index (χ1v) is 12.0. The van der Waals surface area contributed by atoms with Crippen LogP contribution in [0.1, 0.15) is 29.6 Å². The van der Waals surface area contributed by atoms with Crippen molar-refractivity contribution in [2.45, 2.75) is 19.3 Å². The maximum Gasteiger partial charge on any atom is 0.255 e. The van der Waals surface area contributed by atoms with Crippen LogP contribution in [0.5, 0.6) is 5.75 Å². The molecule has 0 aromatic heterocycles. The summed E-state index contributed by atoms with van der Waals surface area (Å²) in [6.07, 6.45) is 1.90. The van der Waals surface area contributed by atoms with Gasteiger partial charge in [-0.25, -0.2) is 0 Å². The number of ether oxygens (including phenoxy) is 2. The number of rotatable bonds is 6. The summed E-state index contributed by atoms with van der Waals surface area (Å²) in [5.41, 5.74) is -0.0161. The number of amides is 2. The molecule has 33 heavy (non-hydrogen) atoms. The maximum atomic E-state index is 13.3. The van der Waals surface area contributed by atoms with E-state index in [0.29, 0.717) is 73.8 Å². The fraction of sp³-hybridized carbons (Fsp3) is 0.440. The second kappa shape index (κ2) is 10.8. The van der Waals surface area contributed by atoms with Crippen LogP contribution in [0.4, 0.5) is 0 Å². The Morgan fingerprint density at radius 2 is 1.70 bits per heavy atom. The minimum atomic E-state index is -0.496. The minimum absolute atomic E-state index is 0.0741. The van der Waals surface area contributed by atoms with E-state index in [1.54, 1.807) is 30.3 Å². The molecule has 2 aromatic carbocycles. The van der Waals surface area contributed by atoms with Crippen molar-refractivity contribution in [2.75, 3.05) is 46.0 Å². The van der Waals surface area contributed by atoms with E-state index in [1.807, 2.05) is 28.0 Å². The molecule has 6 nitrogen and oxygen atoms in total. The molecule has 2 heterocycles. The van der Waals surface area contributed by atoms with Gasteiger partial charge in [0.2, 0.25) is 5.91 Å².